The smallest absolute Gasteiger partial charge is 0.309 e. The zero-order chi connectivity index (χ0) is 19.7. The Balaban J connectivity index is 2.21. The molecule has 0 saturated heterocycles. The second-order valence-electron chi connectivity index (χ2n) is 8.99. The van der Waals surface area contributed by atoms with E-state index in [-0.39, 0.29) is 5.97 Å². The molecule has 26 heavy (non-hydrogen) atoms. The van der Waals surface area contributed by atoms with Crippen molar-refractivity contribution >= 4 is 11.9 Å². The Morgan fingerprint density at radius 3 is 2.15 bits per heavy atom. The lowest BCUT2D eigenvalue weighted by Crippen LogP contribution is -2.36. The molecule has 1 N–H and O–H groups in total. The minimum Gasteiger partial charge on any atom is -0.481 e. The Morgan fingerprint density at radius 2 is 1.58 bits per heavy atom. The third-order valence-electron chi connectivity index (χ3n) is 6.12. The summed E-state index contributed by atoms with van der Waals surface area (Å²) in [4.78, 5) is 23.7. The lowest BCUT2D eigenvalue weighted by Gasteiger charge is -2.30. The number of carboxylic acid groups (broad SMARTS) is 1. The molecule has 1 rings (SSSR count). The summed E-state index contributed by atoms with van der Waals surface area (Å²) in [6.07, 6.45) is 7.76. The molecule has 0 bridgehead atoms. The molecule has 0 aliphatic heterocycles. The normalized spacial score (nSPS) is 23.6. The van der Waals surface area contributed by atoms with Gasteiger partial charge in [-0.1, -0.05) is 53.9 Å². The van der Waals surface area contributed by atoms with Gasteiger partial charge in [0.25, 0.3) is 0 Å². The quantitative estimate of drug-likeness (QED) is 0.384. The number of carbonyl (C=O) groups excluding carboxylic acids is 1. The first kappa shape index (κ1) is 23.0. The van der Waals surface area contributed by atoms with Crippen molar-refractivity contribution in [3.8, 4) is 0 Å². The Labute approximate surface area is 160 Å². The van der Waals surface area contributed by atoms with E-state index >= 15 is 0 Å². The van der Waals surface area contributed by atoms with Crippen LogP contribution in [0.25, 0.3) is 0 Å². The molecule has 4 nitrogen and oxygen atoms in total. The molecule has 1 aliphatic rings. The van der Waals surface area contributed by atoms with Gasteiger partial charge in [-0.25, -0.2) is 0 Å². The number of rotatable bonds is 11. The first-order chi connectivity index (χ1) is 12.2. The van der Waals surface area contributed by atoms with Crippen molar-refractivity contribution in [2.75, 3.05) is 6.61 Å². The van der Waals surface area contributed by atoms with Crippen LogP contribution in [0.5, 0.6) is 0 Å². The first-order valence-corrected chi connectivity index (χ1v) is 10.6. The van der Waals surface area contributed by atoms with Crippen LogP contribution in [0.2, 0.25) is 0 Å². The molecule has 152 valence electrons. The highest BCUT2D eigenvalue weighted by Gasteiger charge is 2.39. The van der Waals surface area contributed by atoms with E-state index in [1.165, 1.54) is 19.3 Å². The van der Waals surface area contributed by atoms with E-state index in [0.29, 0.717) is 25.4 Å². The Morgan fingerprint density at radius 1 is 0.962 bits per heavy atom. The topological polar surface area (TPSA) is 63.6 Å². The van der Waals surface area contributed by atoms with Gasteiger partial charge in [0, 0.05) is 0 Å². The molecule has 0 aromatic carbocycles. The van der Waals surface area contributed by atoms with Gasteiger partial charge < -0.3 is 9.84 Å². The number of ether oxygens (including phenoxy) is 1. The molecular formula is C22H40O4. The van der Waals surface area contributed by atoms with Crippen molar-refractivity contribution in [3.05, 3.63) is 0 Å². The van der Waals surface area contributed by atoms with Gasteiger partial charge in [-0.3, -0.25) is 9.59 Å². The van der Waals surface area contributed by atoms with Crippen LogP contribution in [0.4, 0.5) is 0 Å². The number of hydrogen-bond acceptors (Lipinski definition) is 3. The molecule has 0 radical (unpaired) electrons. The SMILES string of the molecule is CC1CCC(C(=O)OCCCCCCC(C(C)C)C(C)C)C(C(=O)O)C1. The average Bonchev–Trinajstić information content (AvgIpc) is 2.56. The number of carboxylic acids is 1. The fraction of sp³-hybridized carbons (Fsp3) is 0.909. The molecule has 0 aromatic rings. The maximum Gasteiger partial charge on any atom is 0.309 e. The maximum atomic E-state index is 12.3. The van der Waals surface area contributed by atoms with E-state index in [1.807, 2.05) is 0 Å². The predicted octanol–water partition coefficient (Wildman–Crippen LogP) is 5.55. The molecule has 3 unspecified atom stereocenters. The largest absolute Gasteiger partial charge is 0.481 e. The van der Waals surface area contributed by atoms with Gasteiger partial charge in [0.05, 0.1) is 18.4 Å². The van der Waals surface area contributed by atoms with E-state index in [2.05, 4.69) is 34.6 Å². The van der Waals surface area contributed by atoms with Gasteiger partial charge in [0.1, 0.15) is 0 Å². The molecule has 0 heterocycles. The third-order valence-corrected chi connectivity index (χ3v) is 6.12. The van der Waals surface area contributed by atoms with Gasteiger partial charge in [0.2, 0.25) is 0 Å². The van der Waals surface area contributed by atoms with Crippen molar-refractivity contribution in [2.45, 2.75) is 86.0 Å². The van der Waals surface area contributed by atoms with Crippen molar-refractivity contribution in [3.63, 3.8) is 0 Å². The summed E-state index contributed by atoms with van der Waals surface area (Å²) in [5.41, 5.74) is 0. The number of hydrogen-bond donors (Lipinski definition) is 1. The molecule has 0 aromatic heterocycles. The highest BCUT2D eigenvalue weighted by molar-refractivity contribution is 5.81. The molecule has 4 heteroatoms. The zero-order valence-corrected chi connectivity index (χ0v) is 17.5. The molecule has 1 saturated carbocycles. The van der Waals surface area contributed by atoms with Gasteiger partial charge >= 0.3 is 11.9 Å². The van der Waals surface area contributed by atoms with Crippen LogP contribution in [0, 0.1) is 35.5 Å². The van der Waals surface area contributed by atoms with Gasteiger partial charge in [-0.15, -0.1) is 0 Å². The molecule has 1 aliphatic carbocycles. The zero-order valence-electron chi connectivity index (χ0n) is 17.5. The molecular weight excluding hydrogens is 328 g/mol. The summed E-state index contributed by atoms with van der Waals surface area (Å²) in [5.74, 6) is 0.437. The van der Waals surface area contributed by atoms with E-state index in [1.54, 1.807) is 0 Å². The lowest BCUT2D eigenvalue weighted by atomic mass is 9.74. The highest BCUT2D eigenvalue weighted by Crippen LogP contribution is 2.34. The first-order valence-electron chi connectivity index (χ1n) is 10.6. The van der Waals surface area contributed by atoms with Gasteiger partial charge in [-0.05, 0) is 55.8 Å². The molecule has 0 spiro atoms. The number of carbonyl (C=O) groups is 2. The summed E-state index contributed by atoms with van der Waals surface area (Å²) in [6.45, 7) is 11.7. The minimum atomic E-state index is -0.858. The summed E-state index contributed by atoms with van der Waals surface area (Å²) in [5, 5.41) is 9.36. The molecule has 1 fully saturated rings. The monoisotopic (exact) mass is 368 g/mol. The van der Waals surface area contributed by atoms with E-state index in [4.69, 9.17) is 4.74 Å². The summed E-state index contributed by atoms with van der Waals surface area (Å²) < 4.78 is 5.40. The second kappa shape index (κ2) is 11.6. The summed E-state index contributed by atoms with van der Waals surface area (Å²) >= 11 is 0. The van der Waals surface area contributed by atoms with Crippen molar-refractivity contribution in [2.24, 2.45) is 35.5 Å². The standard InChI is InChI=1S/C22H40O4/c1-15(2)18(16(3)4)10-8-6-7-9-13-26-22(25)19-12-11-17(5)14-20(19)21(23)24/h15-20H,6-14H2,1-5H3,(H,23,24). The van der Waals surface area contributed by atoms with Crippen molar-refractivity contribution in [1.82, 2.24) is 0 Å². The van der Waals surface area contributed by atoms with E-state index in [9.17, 15) is 14.7 Å². The maximum absolute atomic E-state index is 12.3. The number of esters is 1. The van der Waals surface area contributed by atoms with Crippen molar-refractivity contribution in [1.29, 1.82) is 0 Å². The fourth-order valence-electron chi connectivity index (χ4n) is 4.49. The minimum absolute atomic E-state index is 0.302. The molecule has 3 atom stereocenters. The summed E-state index contributed by atoms with van der Waals surface area (Å²) in [7, 11) is 0. The Bertz CT molecular complexity index is 422. The van der Waals surface area contributed by atoms with Crippen LogP contribution >= 0.6 is 0 Å². The predicted molar refractivity (Wildman–Crippen MR) is 105 cm³/mol. The Kier molecular flexibility index (Phi) is 10.3. The second-order valence-corrected chi connectivity index (χ2v) is 8.99. The van der Waals surface area contributed by atoms with Crippen LogP contribution in [0.3, 0.4) is 0 Å². The van der Waals surface area contributed by atoms with Crippen molar-refractivity contribution < 1.29 is 19.4 Å². The Hall–Kier alpha value is -1.06. The van der Waals surface area contributed by atoms with Crippen LogP contribution in [0.1, 0.15) is 86.0 Å². The molecule has 0 amide bonds. The summed E-state index contributed by atoms with van der Waals surface area (Å²) in [6, 6.07) is 0. The van der Waals surface area contributed by atoms with Gasteiger partial charge in [0.15, 0.2) is 0 Å². The van der Waals surface area contributed by atoms with Crippen LogP contribution in [0.15, 0.2) is 0 Å². The van der Waals surface area contributed by atoms with E-state index < -0.39 is 17.8 Å². The van der Waals surface area contributed by atoms with Crippen LogP contribution in [-0.2, 0) is 14.3 Å². The average molecular weight is 369 g/mol. The third kappa shape index (κ3) is 7.67. The lowest BCUT2D eigenvalue weighted by molar-refractivity contribution is -0.160. The fourth-order valence-corrected chi connectivity index (χ4v) is 4.49. The van der Waals surface area contributed by atoms with E-state index in [0.717, 1.165) is 37.0 Å². The number of unbranched alkanes of at least 4 members (excludes halogenated alkanes) is 3. The van der Waals surface area contributed by atoms with Gasteiger partial charge in [-0.2, -0.15) is 0 Å². The highest BCUT2D eigenvalue weighted by atomic mass is 16.5. The van der Waals surface area contributed by atoms with Crippen LogP contribution < -0.4 is 0 Å². The van der Waals surface area contributed by atoms with Crippen LogP contribution in [-0.4, -0.2) is 23.7 Å². The number of aliphatic carboxylic acids is 1.